The first-order chi connectivity index (χ1) is 10.4. The summed E-state index contributed by atoms with van der Waals surface area (Å²) in [6.45, 7) is 5.26. The summed E-state index contributed by atoms with van der Waals surface area (Å²) in [6, 6.07) is 1.95. The maximum atomic E-state index is 12.2. The number of methoxy groups -OCH3 is 1. The van der Waals surface area contributed by atoms with E-state index in [4.69, 9.17) is 17.0 Å². The number of carbonyl (C=O) groups excluding carboxylic acids is 2. The van der Waals surface area contributed by atoms with E-state index >= 15 is 0 Å². The molecule has 6 nitrogen and oxygen atoms in total. The predicted molar refractivity (Wildman–Crippen MR) is 87.3 cm³/mol. The molecule has 1 aromatic rings. The lowest BCUT2D eigenvalue weighted by Crippen LogP contribution is -2.52. The van der Waals surface area contributed by atoms with E-state index in [0.29, 0.717) is 6.61 Å². The fourth-order valence-electron chi connectivity index (χ4n) is 2.40. The maximum absolute atomic E-state index is 12.2. The Bertz CT molecular complexity index is 676. The quantitative estimate of drug-likeness (QED) is 0.511. The van der Waals surface area contributed by atoms with Crippen molar-refractivity contribution in [3.05, 3.63) is 28.6 Å². The van der Waals surface area contributed by atoms with Crippen molar-refractivity contribution in [3.63, 3.8) is 0 Å². The predicted octanol–water partition coefficient (Wildman–Crippen LogP) is 1.01. The van der Waals surface area contributed by atoms with Crippen LogP contribution in [0.2, 0.25) is 0 Å². The molecule has 1 fully saturated rings. The van der Waals surface area contributed by atoms with Crippen LogP contribution in [-0.4, -0.2) is 47.2 Å². The van der Waals surface area contributed by atoms with Crippen molar-refractivity contribution < 1.29 is 14.3 Å². The summed E-state index contributed by atoms with van der Waals surface area (Å²) in [5, 5.41) is 2.63. The summed E-state index contributed by atoms with van der Waals surface area (Å²) in [5.41, 5.74) is 2.96. The Labute approximate surface area is 134 Å². The van der Waals surface area contributed by atoms with Gasteiger partial charge in [0.05, 0.1) is 6.61 Å². The molecule has 0 radical (unpaired) electrons. The molecule has 1 aliphatic rings. The molecule has 0 atom stereocenters. The van der Waals surface area contributed by atoms with Gasteiger partial charge in [0.25, 0.3) is 11.8 Å². The van der Waals surface area contributed by atoms with Crippen molar-refractivity contribution in [2.75, 3.05) is 20.8 Å². The lowest BCUT2D eigenvalue weighted by Gasteiger charge is -2.25. The van der Waals surface area contributed by atoms with Crippen LogP contribution in [0, 0.1) is 13.8 Å². The van der Waals surface area contributed by atoms with Gasteiger partial charge in [-0.25, -0.2) is 0 Å². The van der Waals surface area contributed by atoms with Crippen LogP contribution in [0.25, 0.3) is 6.08 Å². The third-order valence-electron chi connectivity index (χ3n) is 3.74. The highest BCUT2D eigenvalue weighted by molar-refractivity contribution is 7.80. The molecule has 1 aromatic heterocycles. The molecule has 0 saturated carbocycles. The number of thiocarbonyl (C=S) groups is 1. The Balaban J connectivity index is 2.38. The zero-order valence-electron chi connectivity index (χ0n) is 13.1. The molecule has 0 bridgehead atoms. The van der Waals surface area contributed by atoms with Gasteiger partial charge in [0.1, 0.15) is 5.57 Å². The molecule has 0 aromatic carbocycles. The lowest BCUT2D eigenvalue weighted by atomic mass is 10.1. The Morgan fingerprint density at radius 1 is 1.36 bits per heavy atom. The summed E-state index contributed by atoms with van der Waals surface area (Å²) in [7, 11) is 3.20. The fourth-order valence-corrected chi connectivity index (χ4v) is 2.58. The molecule has 0 aliphatic carbocycles. The second-order valence-electron chi connectivity index (χ2n) is 5.15. The third kappa shape index (κ3) is 2.95. The van der Waals surface area contributed by atoms with E-state index in [2.05, 4.69) is 9.88 Å². The van der Waals surface area contributed by atoms with E-state index in [0.717, 1.165) is 23.5 Å². The summed E-state index contributed by atoms with van der Waals surface area (Å²) < 4.78 is 7.19. The van der Waals surface area contributed by atoms with Gasteiger partial charge in [-0.15, -0.1) is 0 Å². The first-order valence-corrected chi connectivity index (χ1v) is 7.28. The zero-order valence-corrected chi connectivity index (χ0v) is 13.9. The Hall–Kier alpha value is -1.99. The van der Waals surface area contributed by atoms with Crippen molar-refractivity contribution in [1.29, 1.82) is 0 Å². The minimum atomic E-state index is -0.463. The summed E-state index contributed by atoms with van der Waals surface area (Å²) in [4.78, 5) is 25.5. The number of likely N-dealkylation sites (N-methyl/N-ethyl adjacent to an activating group) is 1. The summed E-state index contributed by atoms with van der Waals surface area (Å²) in [6.07, 6.45) is 1.61. The number of amides is 2. The van der Waals surface area contributed by atoms with E-state index in [-0.39, 0.29) is 10.7 Å². The van der Waals surface area contributed by atoms with Crippen LogP contribution in [0.1, 0.15) is 17.0 Å². The highest BCUT2D eigenvalue weighted by Crippen LogP contribution is 2.20. The molecular weight excluding hydrogens is 302 g/mol. The summed E-state index contributed by atoms with van der Waals surface area (Å²) in [5.74, 6) is -0.856. The molecule has 0 unspecified atom stereocenters. The van der Waals surface area contributed by atoms with Gasteiger partial charge in [0.2, 0.25) is 0 Å². The topological polar surface area (TPSA) is 63.6 Å². The number of rotatable bonds is 4. The van der Waals surface area contributed by atoms with Crippen molar-refractivity contribution in [2.45, 2.75) is 20.4 Å². The van der Waals surface area contributed by atoms with Crippen molar-refractivity contribution in [2.24, 2.45) is 0 Å². The number of carbonyl (C=O) groups is 2. The van der Waals surface area contributed by atoms with Crippen molar-refractivity contribution in [1.82, 2.24) is 14.8 Å². The van der Waals surface area contributed by atoms with Crippen LogP contribution >= 0.6 is 12.2 Å². The number of aromatic nitrogens is 1. The molecule has 1 saturated heterocycles. The first kappa shape index (κ1) is 16.4. The van der Waals surface area contributed by atoms with Crippen molar-refractivity contribution in [3.8, 4) is 0 Å². The number of hydrogen-bond donors (Lipinski definition) is 1. The Morgan fingerprint density at radius 3 is 2.68 bits per heavy atom. The van der Waals surface area contributed by atoms with Gasteiger partial charge < -0.3 is 9.30 Å². The SMILES string of the molecule is COCCn1c(C)cc(C=C2C(=O)NC(=S)N(C)C2=O)c1C. The molecule has 1 N–H and O–H groups in total. The van der Waals surface area contributed by atoms with Gasteiger partial charge in [0, 0.05) is 32.1 Å². The fraction of sp³-hybridized carbons (Fsp3) is 0.400. The number of ether oxygens (including phenoxy) is 1. The lowest BCUT2D eigenvalue weighted by molar-refractivity contribution is -0.128. The van der Waals surface area contributed by atoms with Crippen LogP contribution < -0.4 is 5.32 Å². The highest BCUT2D eigenvalue weighted by atomic mass is 32.1. The minimum absolute atomic E-state index is 0.0862. The van der Waals surface area contributed by atoms with Crippen LogP contribution in [0.3, 0.4) is 0 Å². The standard InChI is InChI=1S/C15H19N3O3S/c1-9-7-11(10(2)18(9)5-6-21-4)8-12-13(19)16-15(22)17(3)14(12)20/h7-8H,5-6H2,1-4H3,(H,16,19,22). The normalized spacial score (nSPS) is 17.4. The van der Waals surface area contributed by atoms with E-state index in [9.17, 15) is 9.59 Å². The van der Waals surface area contributed by atoms with E-state index < -0.39 is 11.8 Å². The molecule has 7 heteroatoms. The average Bonchev–Trinajstić information content (AvgIpc) is 2.73. The molecule has 2 rings (SSSR count). The largest absolute Gasteiger partial charge is 0.383 e. The van der Waals surface area contributed by atoms with Crippen LogP contribution in [0.5, 0.6) is 0 Å². The van der Waals surface area contributed by atoms with Crippen LogP contribution in [-0.2, 0) is 20.9 Å². The Kier molecular flexibility index (Phi) is 4.77. The van der Waals surface area contributed by atoms with Crippen LogP contribution in [0.15, 0.2) is 11.6 Å². The van der Waals surface area contributed by atoms with Gasteiger partial charge in [-0.2, -0.15) is 0 Å². The summed E-state index contributed by atoms with van der Waals surface area (Å²) >= 11 is 4.93. The van der Waals surface area contributed by atoms with Crippen molar-refractivity contribution >= 4 is 35.2 Å². The second kappa shape index (κ2) is 6.41. The smallest absolute Gasteiger partial charge is 0.265 e. The van der Waals surface area contributed by atoms with E-state index in [1.54, 1.807) is 20.2 Å². The maximum Gasteiger partial charge on any atom is 0.265 e. The number of nitrogens with one attached hydrogen (secondary N) is 1. The molecule has 0 spiro atoms. The zero-order chi connectivity index (χ0) is 16.4. The Morgan fingerprint density at radius 2 is 2.05 bits per heavy atom. The molecule has 2 amide bonds. The molecule has 118 valence electrons. The first-order valence-electron chi connectivity index (χ1n) is 6.87. The molecule has 2 heterocycles. The van der Waals surface area contributed by atoms with E-state index in [1.165, 1.54) is 4.90 Å². The van der Waals surface area contributed by atoms with Crippen LogP contribution in [0.4, 0.5) is 0 Å². The van der Waals surface area contributed by atoms with Gasteiger partial charge in [0.15, 0.2) is 5.11 Å². The third-order valence-corrected chi connectivity index (χ3v) is 4.11. The molecular formula is C15H19N3O3S. The number of aryl methyl sites for hydroxylation is 1. The van der Waals surface area contributed by atoms with Gasteiger partial charge in [-0.05, 0) is 43.8 Å². The van der Waals surface area contributed by atoms with Gasteiger partial charge in [-0.3, -0.25) is 19.8 Å². The highest BCUT2D eigenvalue weighted by Gasteiger charge is 2.31. The van der Waals surface area contributed by atoms with E-state index in [1.807, 2.05) is 19.9 Å². The minimum Gasteiger partial charge on any atom is -0.383 e. The number of nitrogens with zero attached hydrogens (tertiary/aromatic N) is 2. The average molecular weight is 321 g/mol. The van der Waals surface area contributed by atoms with Gasteiger partial charge >= 0.3 is 0 Å². The van der Waals surface area contributed by atoms with Gasteiger partial charge in [-0.1, -0.05) is 0 Å². The molecule has 22 heavy (non-hydrogen) atoms. The second-order valence-corrected chi connectivity index (χ2v) is 5.54. The number of hydrogen-bond acceptors (Lipinski definition) is 4. The monoisotopic (exact) mass is 321 g/mol. The molecule has 1 aliphatic heterocycles.